The second-order valence-corrected chi connectivity index (χ2v) is 10.4. The van der Waals surface area contributed by atoms with E-state index in [2.05, 4.69) is 10.2 Å². The molecule has 1 amide bonds. The van der Waals surface area contributed by atoms with Gasteiger partial charge in [0.05, 0.1) is 0 Å². The van der Waals surface area contributed by atoms with Crippen LogP contribution in [0.15, 0.2) is 24.3 Å². The van der Waals surface area contributed by atoms with E-state index in [4.69, 9.17) is 0 Å². The number of carbonyl (C=O) groups excluding carboxylic acids is 3. The standard InChI is InChI=1S/C25H30F2N2O3/c1-25(26,27)16-3-2-4-17(11-16)28-23(32)6-5-22(31)24-20-12-29(13-21(20)24)18-7-14-9-19(30)10-15(14)8-18/h2-4,11,14-15,18,20-21,24H,5-10,12-13H2,1H3,(H,28,32)/t14?,15?,18?,20-,21+,24?. The molecule has 1 aromatic rings. The van der Waals surface area contributed by atoms with Crippen LogP contribution in [-0.2, 0) is 20.3 Å². The van der Waals surface area contributed by atoms with Crippen molar-refractivity contribution in [2.24, 2.45) is 29.6 Å². The zero-order valence-corrected chi connectivity index (χ0v) is 18.4. The van der Waals surface area contributed by atoms with E-state index < -0.39 is 5.92 Å². The van der Waals surface area contributed by atoms with E-state index in [0.717, 1.165) is 45.7 Å². The van der Waals surface area contributed by atoms with Crippen LogP contribution in [0, 0.1) is 29.6 Å². The monoisotopic (exact) mass is 444 g/mol. The Hall–Kier alpha value is -2.15. The van der Waals surface area contributed by atoms with Gasteiger partial charge in [0.2, 0.25) is 5.91 Å². The zero-order chi connectivity index (χ0) is 22.6. The average Bonchev–Trinajstić information content (AvgIpc) is 3.04. The molecule has 7 heteroatoms. The first kappa shape index (κ1) is 21.7. The third kappa shape index (κ3) is 4.24. The molecule has 0 aromatic heterocycles. The molecule has 32 heavy (non-hydrogen) atoms. The van der Waals surface area contributed by atoms with Crippen molar-refractivity contribution in [3.8, 4) is 0 Å². The summed E-state index contributed by atoms with van der Waals surface area (Å²) >= 11 is 0. The average molecular weight is 445 g/mol. The number of hydrogen-bond acceptors (Lipinski definition) is 4. The second-order valence-electron chi connectivity index (χ2n) is 10.4. The van der Waals surface area contributed by atoms with Crippen molar-refractivity contribution in [3.05, 3.63) is 29.8 Å². The van der Waals surface area contributed by atoms with Crippen molar-refractivity contribution in [3.63, 3.8) is 0 Å². The summed E-state index contributed by atoms with van der Waals surface area (Å²) < 4.78 is 26.9. The van der Waals surface area contributed by atoms with Crippen LogP contribution in [0.1, 0.15) is 51.0 Å². The van der Waals surface area contributed by atoms with Crippen LogP contribution in [0.2, 0.25) is 0 Å². The van der Waals surface area contributed by atoms with Gasteiger partial charge in [-0.25, -0.2) is 8.78 Å². The van der Waals surface area contributed by atoms with Crippen LogP contribution in [0.3, 0.4) is 0 Å². The number of carbonyl (C=O) groups is 3. The van der Waals surface area contributed by atoms with Crippen LogP contribution in [0.4, 0.5) is 14.5 Å². The molecule has 1 N–H and O–H groups in total. The Labute approximate surface area is 186 Å². The van der Waals surface area contributed by atoms with E-state index in [0.29, 0.717) is 41.2 Å². The molecule has 3 saturated carbocycles. The minimum atomic E-state index is -2.97. The van der Waals surface area contributed by atoms with Crippen LogP contribution in [-0.4, -0.2) is 41.5 Å². The Balaban J connectivity index is 1.05. The fourth-order valence-electron chi connectivity index (χ4n) is 6.48. The lowest BCUT2D eigenvalue weighted by molar-refractivity contribution is -0.124. The molecule has 5 nitrogen and oxygen atoms in total. The molecule has 4 fully saturated rings. The fourth-order valence-corrected chi connectivity index (χ4v) is 6.48. The molecule has 3 aliphatic carbocycles. The predicted molar refractivity (Wildman–Crippen MR) is 115 cm³/mol. The minimum absolute atomic E-state index is 0.0728. The molecule has 5 atom stereocenters. The molecule has 4 aliphatic rings. The molecular formula is C25H30F2N2O3. The predicted octanol–water partition coefficient (Wildman–Crippen LogP) is 4.02. The number of anilines is 1. The molecule has 0 radical (unpaired) electrons. The van der Waals surface area contributed by atoms with Gasteiger partial charge in [0, 0.05) is 68.9 Å². The van der Waals surface area contributed by atoms with E-state index in [-0.39, 0.29) is 36.0 Å². The molecule has 1 aliphatic heterocycles. The second kappa shape index (κ2) is 8.01. The number of piperidine rings is 1. The quantitative estimate of drug-likeness (QED) is 0.690. The van der Waals surface area contributed by atoms with Gasteiger partial charge in [-0.15, -0.1) is 0 Å². The summed E-state index contributed by atoms with van der Waals surface area (Å²) in [5.74, 6) is -0.672. The number of Topliss-reactive ketones (excluding diaryl/α,β-unsaturated/α-hetero) is 2. The van der Waals surface area contributed by atoms with Crippen molar-refractivity contribution in [2.45, 2.75) is 57.4 Å². The normalized spacial score (nSPS) is 33.8. The maximum absolute atomic E-state index is 13.5. The van der Waals surface area contributed by atoms with E-state index in [1.165, 1.54) is 18.2 Å². The summed E-state index contributed by atoms with van der Waals surface area (Å²) in [5, 5.41) is 2.63. The third-order valence-electron chi connectivity index (χ3n) is 8.16. The number of amides is 1. The van der Waals surface area contributed by atoms with E-state index in [1.807, 2.05) is 0 Å². The lowest BCUT2D eigenvalue weighted by atomic mass is 10.0. The van der Waals surface area contributed by atoms with Gasteiger partial charge in [0.15, 0.2) is 0 Å². The number of fused-ring (bicyclic) bond motifs is 2. The Morgan fingerprint density at radius 1 is 1.09 bits per heavy atom. The fraction of sp³-hybridized carbons (Fsp3) is 0.640. The van der Waals surface area contributed by atoms with Gasteiger partial charge in [-0.2, -0.15) is 0 Å². The molecular weight excluding hydrogens is 414 g/mol. The molecule has 1 aromatic carbocycles. The van der Waals surface area contributed by atoms with Crippen molar-refractivity contribution in [1.29, 1.82) is 0 Å². The topological polar surface area (TPSA) is 66.5 Å². The maximum Gasteiger partial charge on any atom is 0.270 e. The Morgan fingerprint density at radius 3 is 2.38 bits per heavy atom. The Kier molecular flexibility index (Phi) is 5.43. The number of likely N-dealkylation sites (tertiary alicyclic amines) is 1. The SMILES string of the molecule is CC(F)(F)c1cccc(NC(=O)CCC(=O)C2[C@H]3CN(C4CC5CC(=O)CC5C4)C[C@@H]23)c1. The van der Waals surface area contributed by atoms with E-state index >= 15 is 0 Å². The summed E-state index contributed by atoms with van der Waals surface area (Å²) in [6.45, 7) is 2.74. The summed E-state index contributed by atoms with van der Waals surface area (Å²) in [6, 6.07) is 6.22. The first-order valence-electron chi connectivity index (χ1n) is 11.8. The van der Waals surface area contributed by atoms with Gasteiger partial charge in [0.1, 0.15) is 11.6 Å². The summed E-state index contributed by atoms with van der Waals surface area (Å²) in [7, 11) is 0. The smallest absolute Gasteiger partial charge is 0.270 e. The first-order chi connectivity index (χ1) is 15.2. The van der Waals surface area contributed by atoms with E-state index in [9.17, 15) is 23.2 Å². The van der Waals surface area contributed by atoms with Gasteiger partial charge < -0.3 is 5.32 Å². The number of rotatable bonds is 7. The molecule has 0 bridgehead atoms. The maximum atomic E-state index is 13.5. The molecule has 5 rings (SSSR count). The van der Waals surface area contributed by atoms with Crippen LogP contribution in [0.5, 0.6) is 0 Å². The highest BCUT2D eigenvalue weighted by Gasteiger charge is 2.60. The molecule has 1 heterocycles. The van der Waals surface area contributed by atoms with Crippen molar-refractivity contribution in [1.82, 2.24) is 4.90 Å². The molecule has 0 spiro atoms. The summed E-state index contributed by atoms with van der Waals surface area (Å²) in [6.07, 6.45) is 4.04. The van der Waals surface area contributed by atoms with Gasteiger partial charge in [-0.3, -0.25) is 19.3 Å². The van der Waals surface area contributed by atoms with Gasteiger partial charge in [0.25, 0.3) is 5.92 Å². The zero-order valence-electron chi connectivity index (χ0n) is 18.4. The third-order valence-corrected chi connectivity index (χ3v) is 8.16. The highest BCUT2D eigenvalue weighted by atomic mass is 19.3. The number of nitrogens with one attached hydrogen (secondary N) is 1. The van der Waals surface area contributed by atoms with Gasteiger partial charge in [-0.1, -0.05) is 12.1 Å². The largest absolute Gasteiger partial charge is 0.326 e. The van der Waals surface area contributed by atoms with Gasteiger partial charge >= 0.3 is 0 Å². The van der Waals surface area contributed by atoms with E-state index in [1.54, 1.807) is 6.07 Å². The number of halogens is 2. The highest BCUT2D eigenvalue weighted by molar-refractivity contribution is 5.94. The first-order valence-corrected chi connectivity index (χ1v) is 11.8. The number of hydrogen-bond donors (Lipinski definition) is 1. The van der Waals surface area contributed by atoms with Crippen LogP contribution < -0.4 is 5.32 Å². The Morgan fingerprint density at radius 2 is 1.75 bits per heavy atom. The van der Waals surface area contributed by atoms with Crippen LogP contribution in [0.25, 0.3) is 0 Å². The summed E-state index contributed by atoms with van der Waals surface area (Å²) in [5.41, 5.74) is 0.169. The molecule has 3 unspecified atom stereocenters. The molecule has 1 saturated heterocycles. The Bertz CT molecular complexity index is 915. The van der Waals surface area contributed by atoms with Crippen molar-refractivity contribution in [2.75, 3.05) is 18.4 Å². The van der Waals surface area contributed by atoms with Crippen molar-refractivity contribution < 1.29 is 23.2 Å². The number of benzene rings is 1. The number of nitrogens with zero attached hydrogens (tertiary/aromatic N) is 1. The number of ketones is 2. The summed E-state index contributed by atoms with van der Waals surface area (Å²) in [4.78, 5) is 39.0. The minimum Gasteiger partial charge on any atom is -0.326 e. The van der Waals surface area contributed by atoms with Gasteiger partial charge in [-0.05, 0) is 48.6 Å². The molecule has 172 valence electrons. The lowest BCUT2D eigenvalue weighted by Crippen LogP contribution is -2.35. The lowest BCUT2D eigenvalue weighted by Gasteiger charge is -2.27. The van der Waals surface area contributed by atoms with Crippen molar-refractivity contribution >= 4 is 23.2 Å². The number of alkyl halides is 2. The highest BCUT2D eigenvalue weighted by Crippen LogP contribution is 2.55. The van der Waals surface area contributed by atoms with Crippen LogP contribution >= 0.6 is 0 Å².